The van der Waals surface area contributed by atoms with Crippen molar-refractivity contribution in [3.63, 3.8) is 0 Å². The highest BCUT2D eigenvalue weighted by molar-refractivity contribution is 6.42. The molecule has 1 heterocycles. The van der Waals surface area contributed by atoms with Crippen LogP contribution < -0.4 is 10.6 Å². The van der Waals surface area contributed by atoms with Crippen LogP contribution in [-0.4, -0.2) is 11.8 Å². The fourth-order valence-corrected chi connectivity index (χ4v) is 6.06. The molecule has 2 amide bonds. The molecule has 1 aromatic heterocycles. The van der Waals surface area contributed by atoms with Gasteiger partial charge >= 0.3 is 0 Å². The Balaban J connectivity index is 1.30. The first-order chi connectivity index (χ1) is 19.9. The lowest BCUT2D eigenvalue weighted by Crippen LogP contribution is -2.34. The maximum Gasteiger partial charge on any atom is 0.291 e. The molecule has 7 heteroatoms. The van der Waals surface area contributed by atoms with Crippen LogP contribution >= 0.6 is 23.2 Å². The number of carbonyl (C=O) groups excluding carboxylic acids is 2. The van der Waals surface area contributed by atoms with Crippen LogP contribution in [0, 0.1) is 6.92 Å². The highest BCUT2D eigenvalue weighted by Crippen LogP contribution is 2.46. The molecule has 0 radical (unpaired) electrons. The Morgan fingerprint density at radius 2 is 1.52 bits per heavy atom. The van der Waals surface area contributed by atoms with E-state index in [1.807, 2.05) is 6.07 Å². The van der Waals surface area contributed by atoms with E-state index in [4.69, 9.17) is 27.6 Å². The zero-order chi connectivity index (χ0) is 30.2. The molecular weight excluding hydrogens is 567 g/mol. The smallest absolute Gasteiger partial charge is 0.291 e. The van der Waals surface area contributed by atoms with Gasteiger partial charge in [0.2, 0.25) is 0 Å². The molecule has 0 unspecified atom stereocenters. The number of hydrogen-bond donors (Lipinski definition) is 2. The van der Waals surface area contributed by atoms with E-state index in [1.165, 1.54) is 28.7 Å². The normalized spacial score (nSPS) is 15.1. The van der Waals surface area contributed by atoms with Gasteiger partial charge in [0.15, 0.2) is 5.76 Å². The number of halogens is 2. The zero-order valence-corrected chi connectivity index (χ0v) is 26.2. The molecule has 5 rings (SSSR count). The summed E-state index contributed by atoms with van der Waals surface area (Å²) in [5.41, 5.74) is 6.92. The second-order valence-electron chi connectivity index (χ2n) is 12.4. The third kappa shape index (κ3) is 6.13. The van der Waals surface area contributed by atoms with Gasteiger partial charge in [-0.25, -0.2) is 0 Å². The molecule has 3 aromatic carbocycles. The van der Waals surface area contributed by atoms with Crippen LogP contribution in [0.15, 0.2) is 71.1 Å². The van der Waals surface area contributed by atoms with Gasteiger partial charge in [-0.3, -0.25) is 9.59 Å². The predicted octanol–water partition coefficient (Wildman–Crippen LogP) is 9.02. The monoisotopic (exact) mass is 602 g/mol. The molecule has 1 aliphatic carbocycles. The lowest BCUT2D eigenvalue weighted by molar-refractivity contribution is 0.0951. The molecule has 0 fully saturated rings. The fraction of sp³-hybridized carbons (Fsp3) is 0.314. The number of carbonyl (C=O) groups is 2. The maximum atomic E-state index is 13.2. The number of para-hydroxylation sites is 1. The number of anilines is 1. The van der Waals surface area contributed by atoms with Crippen molar-refractivity contribution in [2.45, 2.75) is 71.3 Å². The number of furan rings is 1. The number of rotatable bonds is 7. The number of fused-ring (bicyclic) bond motifs is 1. The summed E-state index contributed by atoms with van der Waals surface area (Å²) in [6.45, 7) is 11.6. The molecule has 0 bridgehead atoms. The fourth-order valence-electron chi connectivity index (χ4n) is 5.67. The summed E-state index contributed by atoms with van der Waals surface area (Å²) in [6.07, 6.45) is 2.91. The summed E-state index contributed by atoms with van der Waals surface area (Å²) in [6, 6.07) is 20.3. The van der Waals surface area contributed by atoms with E-state index in [0.29, 0.717) is 39.0 Å². The first-order valence-corrected chi connectivity index (χ1v) is 15.0. The second-order valence-corrected chi connectivity index (χ2v) is 13.2. The van der Waals surface area contributed by atoms with Gasteiger partial charge in [-0.15, -0.1) is 0 Å². The molecule has 42 heavy (non-hydrogen) atoms. The van der Waals surface area contributed by atoms with Gasteiger partial charge in [0.1, 0.15) is 5.76 Å². The van der Waals surface area contributed by atoms with Gasteiger partial charge < -0.3 is 15.1 Å². The Kier molecular flexibility index (Phi) is 8.28. The molecule has 1 aliphatic rings. The lowest BCUT2D eigenvalue weighted by atomic mass is 9.62. The molecule has 4 aromatic rings. The van der Waals surface area contributed by atoms with Gasteiger partial charge in [0.25, 0.3) is 11.8 Å². The van der Waals surface area contributed by atoms with Gasteiger partial charge in [-0.2, -0.15) is 0 Å². The predicted molar refractivity (Wildman–Crippen MR) is 170 cm³/mol. The third-order valence-electron chi connectivity index (χ3n) is 8.45. The van der Waals surface area contributed by atoms with E-state index >= 15 is 0 Å². The molecule has 2 N–H and O–H groups in total. The first kappa shape index (κ1) is 29.9. The maximum absolute atomic E-state index is 13.2. The van der Waals surface area contributed by atoms with Crippen LogP contribution in [0.3, 0.4) is 0 Å². The van der Waals surface area contributed by atoms with Crippen molar-refractivity contribution >= 4 is 40.7 Å². The van der Waals surface area contributed by atoms with Crippen LogP contribution in [0.25, 0.3) is 0 Å². The standard InChI is InChI=1S/C35H36Cl2N2O3/c1-21-17-26-27(35(4,5)16-15-34(26,2)3)19-23(21)18-24-13-14-30(42-24)33(41)39-29-12-7-6-10-25(29)32(40)38-20-22-9-8-11-28(36)31(22)37/h6-14,17,19H,15-16,18,20H2,1-5H3,(H,38,40)(H,39,41). The van der Waals surface area contributed by atoms with E-state index in [0.717, 1.165) is 6.42 Å². The zero-order valence-electron chi connectivity index (χ0n) is 24.7. The Morgan fingerprint density at radius 3 is 2.26 bits per heavy atom. The summed E-state index contributed by atoms with van der Waals surface area (Å²) < 4.78 is 6.00. The van der Waals surface area contributed by atoms with Crippen molar-refractivity contribution in [1.29, 1.82) is 0 Å². The first-order valence-electron chi connectivity index (χ1n) is 14.2. The minimum atomic E-state index is -0.426. The molecule has 0 spiro atoms. The number of nitrogens with one attached hydrogen (secondary N) is 2. The van der Waals surface area contributed by atoms with Crippen LogP contribution in [0.1, 0.15) is 95.0 Å². The summed E-state index contributed by atoms with van der Waals surface area (Å²) in [5.74, 6) is 0.115. The largest absolute Gasteiger partial charge is 0.456 e. The van der Waals surface area contributed by atoms with Crippen molar-refractivity contribution in [2.24, 2.45) is 0 Å². The molecule has 0 saturated carbocycles. The van der Waals surface area contributed by atoms with Gasteiger partial charge in [-0.05, 0) is 88.7 Å². The average Bonchev–Trinajstić information content (AvgIpc) is 3.42. The Morgan fingerprint density at radius 1 is 0.833 bits per heavy atom. The van der Waals surface area contributed by atoms with Gasteiger partial charge in [-0.1, -0.05) is 87.3 Å². The van der Waals surface area contributed by atoms with Crippen molar-refractivity contribution in [2.75, 3.05) is 5.32 Å². The van der Waals surface area contributed by atoms with E-state index in [9.17, 15) is 9.59 Å². The molecule has 0 aliphatic heterocycles. The number of hydrogen-bond acceptors (Lipinski definition) is 3. The summed E-state index contributed by atoms with van der Waals surface area (Å²) >= 11 is 12.3. The highest BCUT2D eigenvalue weighted by Gasteiger charge is 2.37. The van der Waals surface area contributed by atoms with Crippen molar-refractivity contribution < 1.29 is 14.0 Å². The van der Waals surface area contributed by atoms with E-state index in [-0.39, 0.29) is 29.0 Å². The Bertz CT molecular complexity index is 1670. The molecule has 0 saturated heterocycles. The highest BCUT2D eigenvalue weighted by atomic mass is 35.5. The molecule has 5 nitrogen and oxygen atoms in total. The Hall–Kier alpha value is -3.54. The van der Waals surface area contributed by atoms with Crippen molar-refractivity contribution in [3.05, 3.63) is 122 Å². The summed E-state index contributed by atoms with van der Waals surface area (Å²) in [7, 11) is 0. The lowest BCUT2D eigenvalue weighted by Gasteiger charge is -2.42. The SMILES string of the molecule is Cc1cc2c(cc1Cc1ccc(C(=O)Nc3ccccc3C(=O)NCc3cccc(Cl)c3Cl)o1)C(C)(C)CCC2(C)C. The number of aryl methyl sites for hydroxylation is 1. The third-order valence-corrected chi connectivity index (χ3v) is 9.31. The summed E-state index contributed by atoms with van der Waals surface area (Å²) in [5, 5.41) is 6.50. The van der Waals surface area contributed by atoms with Crippen molar-refractivity contribution in [3.8, 4) is 0 Å². The minimum Gasteiger partial charge on any atom is -0.456 e. The van der Waals surface area contributed by atoms with Crippen LogP contribution in [0.5, 0.6) is 0 Å². The number of benzene rings is 3. The molecular formula is C35H36Cl2N2O3. The van der Waals surface area contributed by atoms with Crippen LogP contribution in [-0.2, 0) is 23.8 Å². The minimum absolute atomic E-state index is 0.113. The number of amides is 2. The van der Waals surface area contributed by atoms with Crippen molar-refractivity contribution in [1.82, 2.24) is 5.32 Å². The molecule has 218 valence electrons. The van der Waals surface area contributed by atoms with E-state index < -0.39 is 5.91 Å². The topological polar surface area (TPSA) is 71.3 Å². The van der Waals surface area contributed by atoms with Gasteiger partial charge in [0, 0.05) is 13.0 Å². The second kappa shape index (κ2) is 11.6. The molecule has 0 atom stereocenters. The summed E-state index contributed by atoms with van der Waals surface area (Å²) in [4.78, 5) is 26.2. The van der Waals surface area contributed by atoms with Crippen LogP contribution in [0.2, 0.25) is 10.0 Å². The van der Waals surface area contributed by atoms with E-state index in [1.54, 1.807) is 48.5 Å². The quantitative estimate of drug-likeness (QED) is 0.222. The van der Waals surface area contributed by atoms with Gasteiger partial charge in [0.05, 0.1) is 21.3 Å². The average molecular weight is 604 g/mol. The van der Waals surface area contributed by atoms with Crippen LogP contribution in [0.4, 0.5) is 5.69 Å². The van der Waals surface area contributed by atoms with E-state index in [2.05, 4.69) is 57.4 Å². The Labute approximate surface area is 257 Å².